The van der Waals surface area contributed by atoms with E-state index in [0.717, 1.165) is 16.5 Å². The van der Waals surface area contributed by atoms with E-state index in [-0.39, 0.29) is 12.4 Å². The standard InChI is InChI=1S/C25H20O5/c1-16-21-14-20(29-15-22(26)17-6-4-3-5-7-17)12-13-23(21)30-25(27)24(16)18-8-10-19(28-2)11-9-18/h3-14H,15H2,1-2H3. The number of hydrogen-bond acceptors (Lipinski definition) is 5. The molecule has 0 aliphatic heterocycles. The third-order valence-electron chi connectivity index (χ3n) is 4.98. The normalized spacial score (nSPS) is 10.7. The summed E-state index contributed by atoms with van der Waals surface area (Å²) in [7, 11) is 1.59. The minimum atomic E-state index is -0.405. The number of rotatable bonds is 6. The third-order valence-corrected chi connectivity index (χ3v) is 4.98. The van der Waals surface area contributed by atoms with Crippen molar-refractivity contribution in [3.8, 4) is 22.6 Å². The molecule has 0 amide bonds. The highest BCUT2D eigenvalue weighted by atomic mass is 16.5. The first-order chi connectivity index (χ1) is 14.6. The molecule has 30 heavy (non-hydrogen) atoms. The van der Waals surface area contributed by atoms with E-state index in [2.05, 4.69) is 0 Å². The lowest BCUT2D eigenvalue weighted by molar-refractivity contribution is 0.0921. The van der Waals surface area contributed by atoms with Crippen LogP contribution in [0.15, 0.2) is 82.0 Å². The van der Waals surface area contributed by atoms with Gasteiger partial charge in [-0.2, -0.15) is 0 Å². The highest BCUT2D eigenvalue weighted by Gasteiger charge is 2.15. The zero-order valence-corrected chi connectivity index (χ0v) is 16.7. The highest BCUT2D eigenvalue weighted by Crippen LogP contribution is 2.30. The molecule has 1 heterocycles. The fourth-order valence-corrected chi connectivity index (χ4v) is 3.37. The van der Waals surface area contributed by atoms with Gasteiger partial charge in [-0.3, -0.25) is 4.79 Å². The molecule has 0 aliphatic carbocycles. The lowest BCUT2D eigenvalue weighted by atomic mass is 9.99. The first-order valence-electron chi connectivity index (χ1n) is 9.50. The minimum Gasteiger partial charge on any atom is -0.497 e. The molecule has 0 spiro atoms. The molecule has 3 aromatic carbocycles. The minimum absolute atomic E-state index is 0.0727. The van der Waals surface area contributed by atoms with Gasteiger partial charge in [-0.15, -0.1) is 0 Å². The SMILES string of the molecule is COc1ccc(-c2c(C)c3cc(OCC(=O)c4ccccc4)ccc3oc2=O)cc1. The van der Waals surface area contributed by atoms with Crippen molar-refractivity contribution in [3.05, 3.63) is 94.3 Å². The maximum atomic E-state index is 12.6. The van der Waals surface area contributed by atoms with Gasteiger partial charge < -0.3 is 13.9 Å². The summed E-state index contributed by atoms with van der Waals surface area (Å²) in [6, 6.07) is 21.4. The van der Waals surface area contributed by atoms with Crippen LogP contribution >= 0.6 is 0 Å². The highest BCUT2D eigenvalue weighted by molar-refractivity contribution is 5.97. The Morgan fingerprint density at radius 3 is 2.33 bits per heavy atom. The topological polar surface area (TPSA) is 65.7 Å². The van der Waals surface area contributed by atoms with E-state index in [1.807, 2.05) is 37.3 Å². The van der Waals surface area contributed by atoms with E-state index in [1.165, 1.54) is 0 Å². The predicted octanol–water partition coefficient (Wildman–Crippen LogP) is 5.04. The van der Waals surface area contributed by atoms with Crippen LogP contribution in [0.3, 0.4) is 0 Å². The van der Waals surface area contributed by atoms with Crippen molar-refractivity contribution >= 4 is 16.8 Å². The fraction of sp³-hybridized carbons (Fsp3) is 0.120. The number of ketones is 1. The van der Waals surface area contributed by atoms with Crippen molar-refractivity contribution in [1.82, 2.24) is 0 Å². The van der Waals surface area contributed by atoms with Crippen LogP contribution in [-0.2, 0) is 0 Å². The fourth-order valence-electron chi connectivity index (χ4n) is 3.37. The molecule has 150 valence electrons. The second-order valence-electron chi connectivity index (χ2n) is 6.85. The summed E-state index contributed by atoms with van der Waals surface area (Å²) < 4.78 is 16.4. The smallest absolute Gasteiger partial charge is 0.344 e. The van der Waals surface area contributed by atoms with E-state index < -0.39 is 5.63 Å². The average molecular weight is 400 g/mol. The van der Waals surface area contributed by atoms with Gasteiger partial charge in [0.15, 0.2) is 12.4 Å². The Morgan fingerprint density at radius 1 is 0.933 bits per heavy atom. The van der Waals surface area contributed by atoms with Gasteiger partial charge in [-0.25, -0.2) is 4.79 Å². The Hall–Kier alpha value is -3.86. The molecule has 0 bridgehead atoms. The molecule has 0 aliphatic rings. The van der Waals surface area contributed by atoms with E-state index in [4.69, 9.17) is 13.9 Å². The van der Waals surface area contributed by atoms with Crippen molar-refractivity contribution < 1.29 is 18.7 Å². The Balaban J connectivity index is 1.66. The zero-order valence-electron chi connectivity index (χ0n) is 16.7. The summed E-state index contributed by atoms with van der Waals surface area (Å²) >= 11 is 0. The van der Waals surface area contributed by atoms with Crippen molar-refractivity contribution in [2.24, 2.45) is 0 Å². The predicted molar refractivity (Wildman–Crippen MR) is 115 cm³/mol. The molecule has 0 unspecified atom stereocenters. The number of fused-ring (bicyclic) bond motifs is 1. The molecule has 5 heteroatoms. The molecule has 0 radical (unpaired) electrons. The van der Waals surface area contributed by atoms with Crippen LogP contribution in [0.2, 0.25) is 0 Å². The lowest BCUT2D eigenvalue weighted by Crippen LogP contribution is -2.11. The average Bonchev–Trinajstić information content (AvgIpc) is 2.78. The van der Waals surface area contributed by atoms with Crippen LogP contribution in [0.1, 0.15) is 15.9 Å². The maximum absolute atomic E-state index is 12.6. The molecular formula is C25H20O5. The molecular weight excluding hydrogens is 380 g/mol. The van der Waals surface area contributed by atoms with Crippen molar-refractivity contribution in [2.75, 3.05) is 13.7 Å². The summed E-state index contributed by atoms with van der Waals surface area (Å²) in [6.07, 6.45) is 0. The number of carbonyl (C=O) groups is 1. The molecule has 5 nitrogen and oxygen atoms in total. The van der Waals surface area contributed by atoms with Crippen LogP contribution in [-0.4, -0.2) is 19.5 Å². The molecule has 0 fully saturated rings. The number of aryl methyl sites for hydroxylation is 1. The Labute approximate surface area is 173 Å². The number of Topliss-reactive ketones (excluding diaryl/α,β-unsaturated/α-hetero) is 1. The summed E-state index contributed by atoms with van der Waals surface area (Å²) in [5.74, 6) is 1.13. The van der Waals surface area contributed by atoms with Gasteiger partial charge in [-0.05, 0) is 48.4 Å². The number of methoxy groups -OCH3 is 1. The van der Waals surface area contributed by atoms with Gasteiger partial charge in [0.2, 0.25) is 0 Å². The summed E-state index contributed by atoms with van der Waals surface area (Å²) in [5.41, 5.74) is 2.68. The van der Waals surface area contributed by atoms with Gasteiger partial charge in [0, 0.05) is 10.9 Å². The number of benzene rings is 3. The van der Waals surface area contributed by atoms with Crippen LogP contribution in [0.25, 0.3) is 22.1 Å². The van der Waals surface area contributed by atoms with E-state index >= 15 is 0 Å². The molecule has 1 aromatic heterocycles. The van der Waals surface area contributed by atoms with Gasteiger partial charge in [0.05, 0.1) is 12.7 Å². The molecule has 0 N–H and O–H groups in total. The second-order valence-corrected chi connectivity index (χ2v) is 6.85. The third kappa shape index (κ3) is 3.82. The summed E-state index contributed by atoms with van der Waals surface area (Å²) in [4.78, 5) is 24.9. The van der Waals surface area contributed by atoms with Gasteiger partial charge in [-0.1, -0.05) is 42.5 Å². The van der Waals surface area contributed by atoms with Gasteiger partial charge in [0.25, 0.3) is 0 Å². The van der Waals surface area contributed by atoms with Crippen LogP contribution in [0, 0.1) is 6.92 Å². The molecule has 0 saturated heterocycles. The lowest BCUT2D eigenvalue weighted by Gasteiger charge is -2.11. The monoisotopic (exact) mass is 400 g/mol. The largest absolute Gasteiger partial charge is 0.497 e. The number of carbonyl (C=O) groups excluding carboxylic acids is 1. The van der Waals surface area contributed by atoms with E-state index in [0.29, 0.717) is 28.2 Å². The number of ether oxygens (including phenoxy) is 2. The zero-order chi connectivity index (χ0) is 21.1. The summed E-state index contributed by atoms with van der Waals surface area (Å²) in [5, 5.41) is 0.755. The molecule has 0 saturated carbocycles. The quantitative estimate of drug-likeness (QED) is 0.335. The van der Waals surface area contributed by atoms with Crippen molar-refractivity contribution in [3.63, 3.8) is 0 Å². The Morgan fingerprint density at radius 2 is 1.63 bits per heavy atom. The van der Waals surface area contributed by atoms with Crippen LogP contribution < -0.4 is 15.1 Å². The molecule has 4 aromatic rings. The van der Waals surface area contributed by atoms with E-state index in [1.54, 1.807) is 49.6 Å². The van der Waals surface area contributed by atoms with Crippen LogP contribution in [0.5, 0.6) is 11.5 Å². The number of hydrogen-bond donors (Lipinski definition) is 0. The Bertz CT molecular complexity index is 1250. The van der Waals surface area contributed by atoms with Crippen LogP contribution in [0.4, 0.5) is 0 Å². The van der Waals surface area contributed by atoms with E-state index in [9.17, 15) is 9.59 Å². The van der Waals surface area contributed by atoms with Gasteiger partial charge in [0.1, 0.15) is 17.1 Å². The van der Waals surface area contributed by atoms with Crippen molar-refractivity contribution in [2.45, 2.75) is 6.92 Å². The second kappa shape index (κ2) is 8.25. The summed E-state index contributed by atoms with van der Waals surface area (Å²) in [6.45, 7) is 1.80. The first kappa shape index (κ1) is 19.5. The first-order valence-corrected chi connectivity index (χ1v) is 9.50. The molecule has 4 rings (SSSR count). The van der Waals surface area contributed by atoms with Crippen molar-refractivity contribution in [1.29, 1.82) is 0 Å². The maximum Gasteiger partial charge on any atom is 0.344 e. The Kier molecular flexibility index (Phi) is 5.35. The molecule has 0 atom stereocenters. The van der Waals surface area contributed by atoms with Gasteiger partial charge >= 0.3 is 5.63 Å².